The molecule has 46 heavy (non-hydrogen) atoms. The van der Waals surface area contributed by atoms with Gasteiger partial charge in [-0.05, 0) is 89.2 Å². The van der Waals surface area contributed by atoms with Gasteiger partial charge in [0.1, 0.15) is 18.1 Å². The predicted octanol–water partition coefficient (Wildman–Crippen LogP) is 3.30. The Labute approximate surface area is 273 Å². The number of halogens is 1. The number of likely N-dealkylation sites (N-methyl/N-ethyl adjacent to an activating group) is 2. The monoisotopic (exact) mass is 637 g/mol. The van der Waals surface area contributed by atoms with E-state index in [2.05, 4.69) is 15.1 Å². The summed E-state index contributed by atoms with van der Waals surface area (Å²) in [6.45, 7) is 10.4. The molecule has 3 aliphatic heterocycles. The average Bonchev–Trinajstić information content (AvgIpc) is 3.04. The number of likely N-dealkylation sites (tertiary alicyclic amines) is 2. The molecule has 252 valence electrons. The average molecular weight is 638 g/mol. The number of piperidine rings is 2. The summed E-state index contributed by atoms with van der Waals surface area (Å²) in [6.07, 6.45) is 11.8. The maximum atomic E-state index is 15.7. The number of allylic oxidation sites excluding steroid dienone is 4. The number of nitrogens with zero attached hydrogens (tertiary/aromatic N) is 4. The molecule has 3 aliphatic rings. The lowest BCUT2D eigenvalue weighted by atomic mass is 9.72. The van der Waals surface area contributed by atoms with Crippen LogP contribution in [0, 0.1) is 17.2 Å². The number of aldehydes is 2. The van der Waals surface area contributed by atoms with Crippen molar-refractivity contribution in [3.63, 3.8) is 0 Å². The Bertz CT molecular complexity index is 1330. The van der Waals surface area contributed by atoms with E-state index in [0.29, 0.717) is 40.3 Å². The van der Waals surface area contributed by atoms with Crippen LogP contribution in [-0.4, -0.2) is 99.1 Å². The number of rotatable bonds is 13. The highest BCUT2D eigenvalue weighted by Gasteiger charge is 2.45. The minimum atomic E-state index is -0.638. The second kappa shape index (κ2) is 15.6. The number of carbonyl (C=O) groups is 3. The maximum Gasteiger partial charge on any atom is 0.242 e. The smallest absolute Gasteiger partial charge is 0.242 e. The van der Waals surface area contributed by atoms with E-state index >= 15 is 4.39 Å². The standard InChI is InChI=1S/C35H52FN7O3/c1-5-30(40(4)31(7-6-18-44)34(46)39-3)28-20-29(36)32(19-27(28)22-45)42-14-10-26(11-15-42)21-41-16-12-35(13-17-41)23-43(24-35)33(38)9-8-25(2)37/h5,8-9,18-20,22,26,31H,6-7,10-17,21,23-24,37-38H2,1-4H3,(H,39,46)/b25-8-,30-5+,33-9+. The number of benzene rings is 1. The zero-order valence-electron chi connectivity index (χ0n) is 27.9. The zero-order valence-corrected chi connectivity index (χ0v) is 27.9. The molecular formula is C35H52FN7O3. The van der Waals surface area contributed by atoms with E-state index in [1.165, 1.54) is 26.0 Å². The van der Waals surface area contributed by atoms with Crippen molar-refractivity contribution in [2.75, 3.05) is 64.8 Å². The zero-order chi connectivity index (χ0) is 33.4. The van der Waals surface area contributed by atoms with E-state index in [4.69, 9.17) is 11.5 Å². The minimum absolute atomic E-state index is 0.210. The second-order valence-electron chi connectivity index (χ2n) is 13.3. The lowest BCUT2D eigenvalue weighted by Crippen LogP contribution is -2.60. The molecule has 1 spiro atoms. The van der Waals surface area contributed by atoms with E-state index in [9.17, 15) is 14.4 Å². The van der Waals surface area contributed by atoms with Gasteiger partial charge in [0.15, 0.2) is 6.29 Å². The molecule has 0 saturated carbocycles. The van der Waals surface area contributed by atoms with Gasteiger partial charge in [0.2, 0.25) is 5.91 Å². The third-order valence-electron chi connectivity index (χ3n) is 10.1. The van der Waals surface area contributed by atoms with Crippen LogP contribution in [0.1, 0.15) is 68.3 Å². The molecule has 3 fully saturated rings. The Morgan fingerprint density at radius 1 is 1.13 bits per heavy atom. The maximum absolute atomic E-state index is 15.7. The van der Waals surface area contributed by atoms with Gasteiger partial charge in [0.05, 0.1) is 11.5 Å². The highest BCUT2D eigenvalue weighted by molar-refractivity contribution is 5.89. The van der Waals surface area contributed by atoms with Crippen molar-refractivity contribution >= 4 is 29.9 Å². The summed E-state index contributed by atoms with van der Waals surface area (Å²) in [5.41, 5.74) is 14.9. The van der Waals surface area contributed by atoms with E-state index in [-0.39, 0.29) is 12.3 Å². The lowest BCUT2D eigenvalue weighted by Gasteiger charge is -2.55. The quantitative estimate of drug-likeness (QED) is 0.221. The highest BCUT2D eigenvalue weighted by atomic mass is 19.1. The van der Waals surface area contributed by atoms with Crippen molar-refractivity contribution in [1.29, 1.82) is 0 Å². The first kappa shape index (κ1) is 35.0. The summed E-state index contributed by atoms with van der Waals surface area (Å²) < 4.78 is 15.7. The number of hydrogen-bond acceptors (Lipinski definition) is 9. The number of hydrogen-bond donors (Lipinski definition) is 3. The minimum Gasteiger partial charge on any atom is -0.402 e. The van der Waals surface area contributed by atoms with Crippen LogP contribution < -0.4 is 21.7 Å². The van der Waals surface area contributed by atoms with Gasteiger partial charge >= 0.3 is 0 Å². The summed E-state index contributed by atoms with van der Waals surface area (Å²) in [6, 6.07) is 2.40. The Morgan fingerprint density at radius 3 is 2.37 bits per heavy atom. The third-order valence-corrected chi connectivity index (χ3v) is 10.1. The van der Waals surface area contributed by atoms with Crippen molar-refractivity contribution in [3.8, 4) is 0 Å². The molecule has 10 nitrogen and oxygen atoms in total. The van der Waals surface area contributed by atoms with Crippen molar-refractivity contribution in [2.24, 2.45) is 22.8 Å². The molecule has 1 unspecified atom stereocenters. The van der Waals surface area contributed by atoms with E-state index in [0.717, 1.165) is 82.7 Å². The molecule has 3 heterocycles. The van der Waals surface area contributed by atoms with E-state index in [1.807, 2.05) is 24.0 Å². The largest absolute Gasteiger partial charge is 0.402 e. The second-order valence-corrected chi connectivity index (χ2v) is 13.3. The normalized spacial score (nSPS) is 20.3. The first-order valence-corrected chi connectivity index (χ1v) is 16.5. The molecule has 1 aromatic carbocycles. The molecule has 1 aromatic rings. The van der Waals surface area contributed by atoms with Crippen LogP contribution in [0.15, 0.2) is 41.9 Å². The van der Waals surface area contributed by atoms with Crippen LogP contribution in [0.5, 0.6) is 0 Å². The first-order chi connectivity index (χ1) is 22.0. The molecule has 0 radical (unpaired) electrons. The predicted molar refractivity (Wildman–Crippen MR) is 181 cm³/mol. The summed E-state index contributed by atoms with van der Waals surface area (Å²) in [5.74, 6) is 0.694. The van der Waals surface area contributed by atoms with Gasteiger partial charge in [-0.3, -0.25) is 9.59 Å². The van der Waals surface area contributed by atoms with Gasteiger partial charge in [-0.25, -0.2) is 4.39 Å². The molecule has 0 aliphatic carbocycles. The third kappa shape index (κ3) is 8.10. The summed E-state index contributed by atoms with van der Waals surface area (Å²) in [4.78, 5) is 44.5. The first-order valence-electron chi connectivity index (χ1n) is 16.5. The fourth-order valence-corrected chi connectivity index (χ4v) is 7.27. The lowest BCUT2D eigenvalue weighted by molar-refractivity contribution is -0.124. The summed E-state index contributed by atoms with van der Waals surface area (Å²) >= 11 is 0. The van der Waals surface area contributed by atoms with Crippen LogP contribution in [0.25, 0.3) is 5.70 Å². The van der Waals surface area contributed by atoms with Gasteiger partial charge < -0.3 is 41.2 Å². The molecule has 0 aromatic heterocycles. The van der Waals surface area contributed by atoms with Crippen LogP contribution in [-0.2, 0) is 9.59 Å². The molecule has 0 bridgehead atoms. The number of nitrogens with one attached hydrogen (secondary N) is 1. The fourth-order valence-electron chi connectivity index (χ4n) is 7.27. The fraction of sp³-hybridized carbons (Fsp3) is 0.571. The highest BCUT2D eigenvalue weighted by Crippen LogP contribution is 2.42. The van der Waals surface area contributed by atoms with Crippen LogP contribution >= 0.6 is 0 Å². The van der Waals surface area contributed by atoms with Crippen molar-refractivity contribution in [1.82, 2.24) is 20.0 Å². The van der Waals surface area contributed by atoms with Crippen LogP contribution in [0.3, 0.4) is 0 Å². The number of carbonyl (C=O) groups excluding carboxylic acids is 3. The Hall–Kier alpha value is -3.86. The van der Waals surface area contributed by atoms with Crippen molar-refractivity contribution in [3.05, 3.63) is 58.8 Å². The number of amides is 1. The van der Waals surface area contributed by atoms with Crippen molar-refractivity contribution in [2.45, 2.75) is 58.4 Å². The van der Waals surface area contributed by atoms with Crippen LogP contribution in [0.2, 0.25) is 0 Å². The van der Waals surface area contributed by atoms with Gasteiger partial charge in [-0.2, -0.15) is 0 Å². The Balaban J connectivity index is 1.33. The SMILES string of the molecule is C/C=C(\c1cc(F)c(N2CCC(CN3CCC4(CC3)CN(/C(N)=C/C=C(/C)N)C4)CC2)cc1C=O)N(C)C(CCC=O)C(=O)NC. The Kier molecular flexibility index (Phi) is 11.9. The number of nitrogens with two attached hydrogens (primary N) is 2. The van der Waals surface area contributed by atoms with Gasteiger partial charge in [0, 0.05) is 81.2 Å². The molecule has 11 heteroatoms. The molecule has 1 amide bonds. The summed E-state index contributed by atoms with van der Waals surface area (Å²) in [5, 5.41) is 2.64. The van der Waals surface area contributed by atoms with Gasteiger partial charge in [-0.15, -0.1) is 0 Å². The molecule has 3 saturated heterocycles. The topological polar surface area (TPSA) is 128 Å². The summed E-state index contributed by atoms with van der Waals surface area (Å²) in [7, 11) is 3.27. The van der Waals surface area contributed by atoms with E-state index in [1.54, 1.807) is 31.0 Å². The van der Waals surface area contributed by atoms with Crippen molar-refractivity contribution < 1.29 is 18.8 Å². The van der Waals surface area contributed by atoms with Gasteiger partial charge in [0.25, 0.3) is 0 Å². The molecule has 5 N–H and O–H groups in total. The number of anilines is 1. The Morgan fingerprint density at radius 2 is 1.80 bits per heavy atom. The van der Waals surface area contributed by atoms with E-state index < -0.39 is 11.9 Å². The molecule has 1 atom stereocenters. The molecule has 4 rings (SSSR count). The van der Waals surface area contributed by atoms with Crippen LogP contribution in [0.4, 0.5) is 10.1 Å². The molecular weight excluding hydrogens is 585 g/mol. The van der Waals surface area contributed by atoms with Gasteiger partial charge in [-0.1, -0.05) is 6.08 Å².